The van der Waals surface area contributed by atoms with Crippen LogP contribution in [0.15, 0.2) is 12.1 Å². The molecule has 0 spiro atoms. The van der Waals surface area contributed by atoms with E-state index >= 15 is 0 Å². The molecule has 1 aromatic rings. The molecule has 1 saturated carbocycles. The van der Waals surface area contributed by atoms with Gasteiger partial charge in [-0.15, -0.1) is 0 Å². The van der Waals surface area contributed by atoms with Gasteiger partial charge in [-0.1, -0.05) is 6.42 Å². The van der Waals surface area contributed by atoms with E-state index in [1.54, 1.807) is 0 Å². The number of halogens is 2. The van der Waals surface area contributed by atoms with Crippen LogP contribution in [0.5, 0.6) is 0 Å². The highest BCUT2D eigenvalue weighted by Crippen LogP contribution is 2.46. The van der Waals surface area contributed by atoms with Gasteiger partial charge in [0.1, 0.15) is 11.6 Å². The van der Waals surface area contributed by atoms with E-state index in [4.69, 9.17) is 0 Å². The van der Waals surface area contributed by atoms with Crippen LogP contribution in [0.3, 0.4) is 0 Å². The summed E-state index contributed by atoms with van der Waals surface area (Å²) in [5.74, 6) is -1.58. The highest BCUT2D eigenvalue weighted by molar-refractivity contribution is 6.03. The fourth-order valence-electron chi connectivity index (χ4n) is 2.55. The van der Waals surface area contributed by atoms with Crippen molar-refractivity contribution in [3.05, 3.63) is 29.3 Å². The molecule has 0 aromatic heterocycles. The fourth-order valence-corrected chi connectivity index (χ4v) is 2.55. The molecule has 0 radical (unpaired) electrons. The molecule has 1 aromatic carbocycles. The van der Waals surface area contributed by atoms with E-state index in [-0.39, 0.29) is 23.4 Å². The van der Waals surface area contributed by atoms with Crippen LogP contribution in [0.4, 0.5) is 14.5 Å². The van der Waals surface area contributed by atoms with Gasteiger partial charge in [-0.05, 0) is 30.4 Å². The summed E-state index contributed by atoms with van der Waals surface area (Å²) < 4.78 is 26.6. The smallest absolute Gasteiger partial charge is 0.232 e. The molecule has 0 saturated heterocycles. The lowest BCUT2D eigenvalue weighted by atomic mass is 9.73. The van der Waals surface area contributed by atoms with Crippen LogP contribution >= 0.6 is 0 Å². The normalized spacial score (nSPS) is 23.9. The molecule has 1 unspecified atom stereocenters. The monoisotopic (exact) mass is 223 g/mol. The van der Waals surface area contributed by atoms with Crippen molar-refractivity contribution in [1.29, 1.82) is 0 Å². The number of rotatable bonds is 1. The van der Waals surface area contributed by atoms with Gasteiger partial charge in [-0.25, -0.2) is 8.78 Å². The van der Waals surface area contributed by atoms with Crippen LogP contribution in [-0.2, 0) is 4.79 Å². The number of carbonyl (C=O) groups excluding carboxylic acids is 1. The summed E-state index contributed by atoms with van der Waals surface area (Å²) >= 11 is 0. The van der Waals surface area contributed by atoms with Crippen molar-refractivity contribution in [1.82, 2.24) is 0 Å². The maximum Gasteiger partial charge on any atom is 0.232 e. The zero-order valence-electron chi connectivity index (χ0n) is 8.59. The minimum Gasteiger partial charge on any atom is -0.323 e. The zero-order chi connectivity index (χ0) is 11.3. The second-order valence-corrected chi connectivity index (χ2v) is 4.51. The van der Waals surface area contributed by atoms with Gasteiger partial charge in [0.15, 0.2) is 0 Å². The summed E-state index contributed by atoms with van der Waals surface area (Å²) in [5.41, 5.74) is 0.663. The maximum atomic E-state index is 13.4. The summed E-state index contributed by atoms with van der Waals surface area (Å²) in [6.45, 7) is 0. The van der Waals surface area contributed by atoms with Crippen LogP contribution in [0.25, 0.3) is 0 Å². The molecule has 84 valence electrons. The van der Waals surface area contributed by atoms with Crippen molar-refractivity contribution in [3.63, 3.8) is 0 Å². The van der Waals surface area contributed by atoms with E-state index < -0.39 is 11.6 Å². The maximum absolute atomic E-state index is 13.4. The molecule has 16 heavy (non-hydrogen) atoms. The molecule has 1 fully saturated rings. The van der Waals surface area contributed by atoms with Gasteiger partial charge in [0, 0.05) is 6.07 Å². The van der Waals surface area contributed by atoms with Gasteiger partial charge in [0.05, 0.1) is 11.6 Å². The topological polar surface area (TPSA) is 29.1 Å². The highest BCUT2D eigenvalue weighted by atomic mass is 19.1. The number of fused-ring (bicyclic) bond motifs is 1. The number of hydrogen-bond donors (Lipinski definition) is 1. The lowest BCUT2D eigenvalue weighted by Gasteiger charge is -2.29. The van der Waals surface area contributed by atoms with Gasteiger partial charge in [0.25, 0.3) is 0 Å². The van der Waals surface area contributed by atoms with E-state index in [0.29, 0.717) is 5.56 Å². The molecule has 1 aliphatic heterocycles. The number of amides is 1. The second-order valence-electron chi connectivity index (χ2n) is 4.51. The van der Waals surface area contributed by atoms with Crippen molar-refractivity contribution in [2.45, 2.75) is 25.2 Å². The van der Waals surface area contributed by atoms with Crippen molar-refractivity contribution in [2.75, 3.05) is 5.32 Å². The molecule has 0 bridgehead atoms. The minimum atomic E-state index is -0.676. The molecule has 2 aliphatic rings. The molecule has 1 heterocycles. The van der Waals surface area contributed by atoms with E-state index in [1.807, 2.05) is 0 Å². The Labute approximate surface area is 91.7 Å². The summed E-state index contributed by atoms with van der Waals surface area (Å²) in [7, 11) is 0. The standard InChI is InChI=1S/C12H11F2NO/c13-7-4-8-10(6-2-1-3-6)12(16)15-11(8)9(14)5-7/h4-6,10H,1-3H2,(H,15,16). The third-order valence-corrected chi connectivity index (χ3v) is 3.57. The Morgan fingerprint density at radius 1 is 1.25 bits per heavy atom. The first-order valence-corrected chi connectivity index (χ1v) is 5.46. The summed E-state index contributed by atoms with van der Waals surface area (Å²) in [6.07, 6.45) is 3.03. The molecule has 2 nitrogen and oxygen atoms in total. The minimum absolute atomic E-state index is 0.170. The van der Waals surface area contributed by atoms with Crippen molar-refractivity contribution in [2.24, 2.45) is 5.92 Å². The van der Waals surface area contributed by atoms with Gasteiger partial charge in [-0.2, -0.15) is 0 Å². The number of carbonyl (C=O) groups is 1. The van der Waals surface area contributed by atoms with Crippen LogP contribution in [0, 0.1) is 17.6 Å². The highest BCUT2D eigenvalue weighted by Gasteiger charge is 2.40. The number of hydrogen-bond acceptors (Lipinski definition) is 1. The number of nitrogens with one attached hydrogen (secondary N) is 1. The van der Waals surface area contributed by atoms with E-state index in [9.17, 15) is 13.6 Å². The van der Waals surface area contributed by atoms with Crippen LogP contribution in [-0.4, -0.2) is 5.91 Å². The van der Waals surface area contributed by atoms with Crippen LogP contribution in [0.2, 0.25) is 0 Å². The van der Waals surface area contributed by atoms with Crippen molar-refractivity contribution < 1.29 is 13.6 Å². The molecule has 1 N–H and O–H groups in total. The largest absolute Gasteiger partial charge is 0.323 e. The SMILES string of the molecule is O=C1Nc2c(F)cc(F)cc2C1C1CCC1. The Kier molecular flexibility index (Phi) is 1.99. The van der Waals surface area contributed by atoms with Crippen molar-refractivity contribution >= 4 is 11.6 Å². The average Bonchev–Trinajstić information content (AvgIpc) is 2.43. The fraction of sp³-hybridized carbons (Fsp3) is 0.417. The predicted molar refractivity (Wildman–Crippen MR) is 55.1 cm³/mol. The van der Waals surface area contributed by atoms with Gasteiger partial charge >= 0.3 is 0 Å². The summed E-state index contributed by atoms with van der Waals surface area (Å²) in [4.78, 5) is 11.7. The van der Waals surface area contributed by atoms with Gasteiger partial charge in [0.2, 0.25) is 5.91 Å². The van der Waals surface area contributed by atoms with E-state index in [0.717, 1.165) is 25.3 Å². The molecule has 1 amide bonds. The second kappa shape index (κ2) is 3.27. The number of anilines is 1. The molecule has 1 atom stereocenters. The molecule has 1 aliphatic carbocycles. The molecular weight excluding hydrogens is 212 g/mol. The molecule has 3 rings (SSSR count). The summed E-state index contributed by atoms with van der Waals surface area (Å²) in [6, 6.07) is 2.08. The van der Waals surface area contributed by atoms with Crippen LogP contribution < -0.4 is 5.32 Å². The first-order valence-electron chi connectivity index (χ1n) is 5.46. The quantitative estimate of drug-likeness (QED) is 0.779. The van der Waals surface area contributed by atoms with Crippen molar-refractivity contribution in [3.8, 4) is 0 Å². The van der Waals surface area contributed by atoms with Gasteiger partial charge in [-0.3, -0.25) is 4.79 Å². The average molecular weight is 223 g/mol. The number of benzene rings is 1. The zero-order valence-corrected chi connectivity index (χ0v) is 8.59. The van der Waals surface area contributed by atoms with E-state index in [1.165, 1.54) is 6.07 Å². The summed E-state index contributed by atoms with van der Waals surface area (Å²) in [5, 5.41) is 2.51. The Morgan fingerprint density at radius 2 is 2.00 bits per heavy atom. The Balaban J connectivity index is 2.08. The molecule has 4 heteroatoms. The lowest BCUT2D eigenvalue weighted by Crippen LogP contribution is -2.25. The predicted octanol–water partition coefficient (Wildman–Crippen LogP) is 2.80. The first kappa shape index (κ1) is 9.75. The van der Waals surface area contributed by atoms with E-state index in [2.05, 4.69) is 5.32 Å². The first-order chi connectivity index (χ1) is 7.66. The van der Waals surface area contributed by atoms with Gasteiger partial charge < -0.3 is 5.32 Å². The third kappa shape index (κ3) is 1.25. The Morgan fingerprint density at radius 3 is 2.62 bits per heavy atom. The van der Waals surface area contributed by atoms with Crippen LogP contribution in [0.1, 0.15) is 30.7 Å². The Hall–Kier alpha value is -1.45. The Bertz CT molecular complexity index is 468. The lowest BCUT2D eigenvalue weighted by molar-refractivity contribution is -0.118. The molecular formula is C12H11F2NO. The third-order valence-electron chi connectivity index (χ3n) is 3.57.